The molecular weight excluding hydrogens is 302 g/mol. The van der Waals surface area contributed by atoms with Gasteiger partial charge in [0.25, 0.3) is 0 Å². The number of amides is 3. The van der Waals surface area contributed by atoms with Crippen LogP contribution in [-0.2, 0) is 19.2 Å². The molecule has 0 rings (SSSR count). The first-order valence-corrected chi connectivity index (χ1v) is 6.87. The first-order valence-electron chi connectivity index (χ1n) is 6.34. The van der Waals surface area contributed by atoms with E-state index in [1.165, 1.54) is 0 Å². The Balaban J connectivity index is 4.87. The number of hydrogen-bond acceptors (Lipinski definition) is 4. The molecule has 3 amide bonds. The van der Waals surface area contributed by atoms with Crippen molar-refractivity contribution in [2.75, 3.05) is 5.88 Å². The number of alkyl halides is 1. The summed E-state index contributed by atoms with van der Waals surface area (Å²) < 4.78 is 0. The van der Waals surface area contributed by atoms with E-state index in [-0.39, 0.29) is 5.92 Å². The third kappa shape index (κ3) is 8.13. The van der Waals surface area contributed by atoms with E-state index in [2.05, 4.69) is 10.6 Å². The van der Waals surface area contributed by atoms with Gasteiger partial charge in [0.1, 0.15) is 18.0 Å². The summed E-state index contributed by atoms with van der Waals surface area (Å²) >= 11 is 5.30. The van der Waals surface area contributed by atoms with Crippen LogP contribution in [0.3, 0.4) is 0 Å². The molecule has 0 spiro atoms. The van der Waals surface area contributed by atoms with Gasteiger partial charge in [-0.2, -0.15) is 0 Å². The van der Waals surface area contributed by atoms with Gasteiger partial charge in [-0.15, -0.1) is 11.6 Å². The van der Waals surface area contributed by atoms with Crippen LogP contribution < -0.4 is 16.4 Å². The summed E-state index contributed by atoms with van der Waals surface area (Å²) in [5.74, 6) is -3.79. The average Bonchev–Trinajstić information content (AvgIpc) is 2.35. The summed E-state index contributed by atoms with van der Waals surface area (Å²) in [6.07, 6.45) is -0.314. The quantitative estimate of drug-likeness (QED) is 0.412. The number of carboxylic acid groups (broad SMARTS) is 1. The predicted octanol–water partition coefficient (Wildman–Crippen LogP) is -0.799. The van der Waals surface area contributed by atoms with E-state index >= 15 is 0 Å². The molecule has 9 heteroatoms. The standard InChI is InChI=1S/C12H20ClN3O5/c1-6(2)3-7(11(14)20)16-12(21)8(4-10(18)19)15-9(17)5-13/h6-8H,3-5H2,1-2H3,(H2,14,20)(H,15,17)(H,16,21)(H,18,19)/t7-,8-/m0/s1. The Morgan fingerprint density at radius 1 is 1.14 bits per heavy atom. The van der Waals surface area contributed by atoms with Crippen LogP contribution in [0.4, 0.5) is 0 Å². The topological polar surface area (TPSA) is 139 Å². The molecular formula is C12H20ClN3O5. The molecule has 0 saturated carbocycles. The average molecular weight is 322 g/mol. The Bertz CT molecular complexity index is 414. The third-order valence-corrected chi connectivity index (χ3v) is 2.76. The number of hydrogen-bond donors (Lipinski definition) is 4. The van der Waals surface area contributed by atoms with Crippen molar-refractivity contribution < 1.29 is 24.3 Å². The fraction of sp³-hybridized carbons (Fsp3) is 0.667. The van der Waals surface area contributed by atoms with Crippen molar-refractivity contribution in [3.63, 3.8) is 0 Å². The van der Waals surface area contributed by atoms with E-state index in [9.17, 15) is 19.2 Å². The second kappa shape index (κ2) is 9.17. The number of carbonyl (C=O) groups excluding carboxylic acids is 3. The van der Waals surface area contributed by atoms with E-state index in [4.69, 9.17) is 22.4 Å². The first kappa shape index (κ1) is 19.2. The van der Waals surface area contributed by atoms with E-state index in [0.29, 0.717) is 6.42 Å². The number of rotatable bonds is 9. The SMILES string of the molecule is CC(C)C[C@H](NC(=O)[C@H](CC(=O)O)NC(=O)CCl)C(N)=O. The van der Waals surface area contributed by atoms with Gasteiger partial charge in [-0.25, -0.2) is 0 Å². The molecule has 0 aromatic heterocycles. The molecule has 0 saturated heterocycles. The minimum atomic E-state index is -1.32. The highest BCUT2D eigenvalue weighted by atomic mass is 35.5. The Kier molecular flexibility index (Phi) is 8.37. The number of carbonyl (C=O) groups is 4. The minimum absolute atomic E-state index is 0.0955. The zero-order valence-electron chi connectivity index (χ0n) is 11.9. The third-order valence-electron chi connectivity index (χ3n) is 2.52. The van der Waals surface area contributed by atoms with Crippen LogP contribution in [0.5, 0.6) is 0 Å². The second-order valence-corrected chi connectivity index (χ2v) is 5.21. The Labute approximate surface area is 127 Å². The highest BCUT2D eigenvalue weighted by molar-refractivity contribution is 6.27. The predicted molar refractivity (Wildman–Crippen MR) is 75.5 cm³/mol. The molecule has 0 unspecified atom stereocenters. The molecule has 0 aliphatic rings. The largest absolute Gasteiger partial charge is 0.481 e. The van der Waals surface area contributed by atoms with Crippen LogP contribution in [0.1, 0.15) is 26.7 Å². The van der Waals surface area contributed by atoms with Crippen molar-refractivity contribution in [2.45, 2.75) is 38.8 Å². The molecule has 0 heterocycles. The van der Waals surface area contributed by atoms with Crippen LogP contribution in [0.2, 0.25) is 0 Å². The van der Waals surface area contributed by atoms with Crippen molar-refractivity contribution in [3.05, 3.63) is 0 Å². The van der Waals surface area contributed by atoms with E-state index in [1.54, 1.807) is 0 Å². The number of nitrogens with one attached hydrogen (secondary N) is 2. The van der Waals surface area contributed by atoms with Gasteiger partial charge >= 0.3 is 5.97 Å². The highest BCUT2D eigenvalue weighted by Gasteiger charge is 2.27. The smallest absolute Gasteiger partial charge is 0.305 e. The summed E-state index contributed by atoms with van der Waals surface area (Å²) in [7, 11) is 0. The molecule has 0 radical (unpaired) electrons. The molecule has 5 N–H and O–H groups in total. The van der Waals surface area contributed by atoms with Crippen LogP contribution in [0.25, 0.3) is 0 Å². The maximum Gasteiger partial charge on any atom is 0.305 e. The van der Waals surface area contributed by atoms with Gasteiger partial charge in [0.2, 0.25) is 17.7 Å². The van der Waals surface area contributed by atoms with Gasteiger partial charge in [0.15, 0.2) is 0 Å². The molecule has 21 heavy (non-hydrogen) atoms. The van der Waals surface area contributed by atoms with Crippen LogP contribution in [0, 0.1) is 5.92 Å². The fourth-order valence-corrected chi connectivity index (χ4v) is 1.68. The molecule has 0 bridgehead atoms. The summed E-state index contributed by atoms with van der Waals surface area (Å²) in [4.78, 5) is 45.2. The van der Waals surface area contributed by atoms with Gasteiger partial charge in [0.05, 0.1) is 6.42 Å². The van der Waals surface area contributed by atoms with Crippen molar-refractivity contribution in [1.82, 2.24) is 10.6 Å². The highest BCUT2D eigenvalue weighted by Crippen LogP contribution is 2.05. The summed E-state index contributed by atoms with van der Waals surface area (Å²) in [5.41, 5.74) is 5.18. The van der Waals surface area contributed by atoms with Crippen molar-refractivity contribution >= 4 is 35.3 Å². The maximum atomic E-state index is 12.0. The van der Waals surface area contributed by atoms with Crippen LogP contribution >= 0.6 is 11.6 Å². The molecule has 0 fully saturated rings. The normalized spacial score (nSPS) is 13.3. The second-order valence-electron chi connectivity index (χ2n) is 4.94. The summed E-state index contributed by atoms with van der Waals surface area (Å²) in [6.45, 7) is 3.68. The van der Waals surface area contributed by atoms with Gasteiger partial charge in [-0.05, 0) is 12.3 Å². The molecule has 120 valence electrons. The first-order chi connectivity index (χ1) is 9.67. The number of halogens is 1. The molecule has 0 aliphatic carbocycles. The summed E-state index contributed by atoms with van der Waals surface area (Å²) in [6, 6.07) is -2.25. The summed E-state index contributed by atoms with van der Waals surface area (Å²) in [5, 5.41) is 13.3. The molecule has 0 aromatic carbocycles. The zero-order valence-corrected chi connectivity index (χ0v) is 12.6. The van der Waals surface area contributed by atoms with Gasteiger partial charge in [0, 0.05) is 0 Å². The fourth-order valence-electron chi connectivity index (χ4n) is 1.61. The number of nitrogens with two attached hydrogens (primary N) is 1. The number of primary amides is 1. The van der Waals surface area contributed by atoms with Gasteiger partial charge in [-0.3, -0.25) is 19.2 Å². The number of aliphatic carboxylic acids is 1. The molecule has 0 aliphatic heterocycles. The zero-order chi connectivity index (χ0) is 16.6. The monoisotopic (exact) mass is 321 g/mol. The lowest BCUT2D eigenvalue weighted by Gasteiger charge is -2.21. The Morgan fingerprint density at radius 3 is 2.10 bits per heavy atom. The van der Waals surface area contributed by atoms with Gasteiger partial charge < -0.3 is 21.5 Å². The van der Waals surface area contributed by atoms with Crippen LogP contribution in [0.15, 0.2) is 0 Å². The van der Waals surface area contributed by atoms with Gasteiger partial charge in [-0.1, -0.05) is 13.8 Å². The van der Waals surface area contributed by atoms with Crippen molar-refractivity contribution in [1.29, 1.82) is 0 Å². The Morgan fingerprint density at radius 2 is 1.71 bits per heavy atom. The van der Waals surface area contributed by atoms with Crippen molar-refractivity contribution in [3.8, 4) is 0 Å². The van der Waals surface area contributed by atoms with E-state index in [0.717, 1.165) is 0 Å². The molecule has 2 atom stereocenters. The molecule has 0 aromatic rings. The lowest BCUT2D eigenvalue weighted by molar-refractivity contribution is -0.140. The Hall–Kier alpha value is -1.83. The van der Waals surface area contributed by atoms with E-state index < -0.39 is 48.1 Å². The number of carboxylic acids is 1. The lowest BCUT2D eigenvalue weighted by Crippen LogP contribution is -2.54. The minimum Gasteiger partial charge on any atom is -0.481 e. The van der Waals surface area contributed by atoms with Crippen molar-refractivity contribution in [2.24, 2.45) is 11.7 Å². The van der Waals surface area contributed by atoms with E-state index in [1.807, 2.05) is 13.8 Å². The molecule has 8 nitrogen and oxygen atoms in total. The van der Waals surface area contributed by atoms with Crippen LogP contribution in [-0.4, -0.2) is 46.8 Å². The lowest BCUT2D eigenvalue weighted by atomic mass is 10.0. The maximum absolute atomic E-state index is 12.0.